The molecular formula is C20H27N3O2S. The molecule has 140 valence electrons. The number of carbonyl (C=O) groups excluding carboxylic acids is 2. The Kier molecular flexibility index (Phi) is 7.66. The average Bonchev–Trinajstić information content (AvgIpc) is 3.18. The third-order valence-electron chi connectivity index (χ3n) is 4.15. The molecule has 0 aliphatic carbocycles. The molecule has 26 heavy (non-hydrogen) atoms. The molecule has 0 bridgehead atoms. The summed E-state index contributed by atoms with van der Waals surface area (Å²) < 4.78 is 0. The fourth-order valence-electron chi connectivity index (χ4n) is 2.60. The van der Waals surface area contributed by atoms with E-state index >= 15 is 0 Å². The Balaban J connectivity index is 1.77. The van der Waals surface area contributed by atoms with Gasteiger partial charge in [0.15, 0.2) is 0 Å². The summed E-state index contributed by atoms with van der Waals surface area (Å²) in [6.07, 6.45) is 0.834. The molecule has 0 aliphatic heterocycles. The molecule has 1 heterocycles. The zero-order valence-electron chi connectivity index (χ0n) is 15.6. The van der Waals surface area contributed by atoms with Crippen molar-refractivity contribution in [2.75, 3.05) is 25.0 Å². The van der Waals surface area contributed by atoms with Crippen molar-refractivity contribution in [2.24, 2.45) is 5.92 Å². The molecule has 0 saturated heterocycles. The van der Waals surface area contributed by atoms with Gasteiger partial charge in [0.05, 0.1) is 4.88 Å². The van der Waals surface area contributed by atoms with Crippen molar-refractivity contribution in [3.63, 3.8) is 0 Å². The van der Waals surface area contributed by atoms with E-state index in [-0.39, 0.29) is 17.7 Å². The van der Waals surface area contributed by atoms with Crippen LogP contribution in [0, 0.1) is 5.92 Å². The van der Waals surface area contributed by atoms with Gasteiger partial charge in [-0.1, -0.05) is 38.1 Å². The largest absolute Gasteiger partial charge is 0.375 e. The maximum atomic E-state index is 12.5. The van der Waals surface area contributed by atoms with E-state index in [0.717, 1.165) is 18.7 Å². The maximum absolute atomic E-state index is 12.5. The molecule has 0 saturated carbocycles. The van der Waals surface area contributed by atoms with E-state index in [9.17, 15) is 9.59 Å². The summed E-state index contributed by atoms with van der Waals surface area (Å²) in [6.45, 7) is 5.29. The number of carbonyl (C=O) groups is 2. The van der Waals surface area contributed by atoms with Gasteiger partial charge in [0.2, 0.25) is 5.91 Å². The number of nitrogens with one attached hydrogen (secondary N) is 2. The van der Waals surface area contributed by atoms with Crippen LogP contribution in [-0.4, -0.2) is 38.0 Å². The molecular weight excluding hydrogens is 346 g/mol. The third kappa shape index (κ3) is 5.88. The molecule has 6 heteroatoms. The highest BCUT2D eigenvalue weighted by atomic mass is 32.1. The van der Waals surface area contributed by atoms with Crippen LogP contribution in [-0.2, 0) is 4.79 Å². The Hall–Kier alpha value is -2.34. The predicted molar refractivity (Wildman–Crippen MR) is 108 cm³/mol. The van der Waals surface area contributed by atoms with Gasteiger partial charge in [-0.05, 0) is 35.9 Å². The molecule has 1 aromatic heterocycles. The molecule has 0 aliphatic rings. The van der Waals surface area contributed by atoms with Crippen LogP contribution >= 0.6 is 11.3 Å². The normalized spacial score (nSPS) is 11.8. The first-order valence-corrected chi connectivity index (χ1v) is 9.75. The van der Waals surface area contributed by atoms with Crippen molar-refractivity contribution in [1.29, 1.82) is 0 Å². The summed E-state index contributed by atoms with van der Waals surface area (Å²) >= 11 is 1.37. The van der Waals surface area contributed by atoms with Crippen LogP contribution in [0.2, 0.25) is 0 Å². The highest BCUT2D eigenvalue weighted by Gasteiger charge is 2.24. The monoisotopic (exact) mass is 373 g/mol. The van der Waals surface area contributed by atoms with Crippen LogP contribution in [0.1, 0.15) is 29.9 Å². The molecule has 5 nitrogen and oxygen atoms in total. The minimum Gasteiger partial charge on any atom is -0.375 e. The van der Waals surface area contributed by atoms with E-state index in [1.54, 1.807) is 6.07 Å². The smallest absolute Gasteiger partial charge is 0.262 e. The molecule has 2 amide bonds. The van der Waals surface area contributed by atoms with Crippen molar-refractivity contribution >= 4 is 28.8 Å². The molecule has 0 fully saturated rings. The Morgan fingerprint density at radius 1 is 1.12 bits per heavy atom. The van der Waals surface area contributed by atoms with Crippen LogP contribution in [0.3, 0.4) is 0 Å². The Morgan fingerprint density at radius 3 is 2.46 bits per heavy atom. The molecule has 1 atom stereocenters. The number of benzene rings is 1. The van der Waals surface area contributed by atoms with Gasteiger partial charge in [-0.25, -0.2) is 0 Å². The number of anilines is 1. The predicted octanol–water partition coefficient (Wildman–Crippen LogP) is 3.15. The zero-order valence-corrected chi connectivity index (χ0v) is 16.4. The zero-order chi connectivity index (χ0) is 18.9. The molecule has 2 rings (SSSR count). The number of amides is 2. The van der Waals surface area contributed by atoms with E-state index in [4.69, 9.17) is 0 Å². The van der Waals surface area contributed by atoms with Gasteiger partial charge < -0.3 is 15.5 Å². The topological polar surface area (TPSA) is 61.4 Å². The van der Waals surface area contributed by atoms with Gasteiger partial charge in [0.1, 0.15) is 6.04 Å². The number of hydrogen-bond acceptors (Lipinski definition) is 4. The Bertz CT molecular complexity index is 686. The Morgan fingerprint density at radius 2 is 1.85 bits per heavy atom. The van der Waals surface area contributed by atoms with E-state index < -0.39 is 6.04 Å². The second kappa shape index (κ2) is 9.97. The van der Waals surface area contributed by atoms with Crippen molar-refractivity contribution < 1.29 is 9.59 Å². The number of rotatable bonds is 9. The van der Waals surface area contributed by atoms with Gasteiger partial charge in [0.25, 0.3) is 5.91 Å². The molecule has 1 unspecified atom stereocenters. The van der Waals surface area contributed by atoms with Gasteiger partial charge in [-0.15, -0.1) is 11.3 Å². The van der Waals surface area contributed by atoms with Gasteiger partial charge in [0, 0.05) is 25.8 Å². The second-order valence-electron chi connectivity index (χ2n) is 6.57. The quantitative estimate of drug-likeness (QED) is 0.664. The minimum absolute atomic E-state index is 0.0194. The summed E-state index contributed by atoms with van der Waals surface area (Å²) in [6, 6.07) is 13.2. The highest BCUT2D eigenvalue weighted by molar-refractivity contribution is 7.12. The van der Waals surface area contributed by atoms with Crippen LogP contribution in [0.15, 0.2) is 47.8 Å². The number of nitrogens with zero attached hydrogens (tertiary/aromatic N) is 1. The first kappa shape index (κ1) is 20.0. The molecule has 0 spiro atoms. The SMILES string of the molecule is CC(C)C(NC(=O)c1cccs1)C(=O)NCCCN(C)c1ccccc1. The van der Waals surface area contributed by atoms with Crippen LogP contribution in [0.5, 0.6) is 0 Å². The summed E-state index contributed by atoms with van der Waals surface area (Å²) in [7, 11) is 2.04. The minimum atomic E-state index is -0.531. The average molecular weight is 374 g/mol. The van der Waals surface area contributed by atoms with E-state index in [1.165, 1.54) is 11.3 Å². The summed E-state index contributed by atoms with van der Waals surface area (Å²) in [5.41, 5.74) is 1.15. The lowest BCUT2D eigenvalue weighted by atomic mass is 10.0. The number of hydrogen-bond donors (Lipinski definition) is 2. The summed E-state index contributed by atoms with van der Waals surface area (Å²) in [5, 5.41) is 7.64. The van der Waals surface area contributed by atoms with Gasteiger partial charge >= 0.3 is 0 Å². The number of para-hydroxylation sites is 1. The molecule has 2 N–H and O–H groups in total. The molecule has 0 radical (unpaired) electrons. The highest BCUT2D eigenvalue weighted by Crippen LogP contribution is 2.11. The van der Waals surface area contributed by atoms with E-state index in [1.807, 2.05) is 50.5 Å². The molecule has 1 aromatic carbocycles. The van der Waals surface area contributed by atoms with Gasteiger partial charge in [-0.3, -0.25) is 9.59 Å². The third-order valence-corrected chi connectivity index (χ3v) is 5.02. The van der Waals surface area contributed by atoms with E-state index in [2.05, 4.69) is 27.7 Å². The summed E-state index contributed by atoms with van der Waals surface area (Å²) in [4.78, 5) is 27.5. The van der Waals surface area contributed by atoms with Crippen molar-refractivity contribution in [3.8, 4) is 0 Å². The van der Waals surface area contributed by atoms with Crippen LogP contribution < -0.4 is 15.5 Å². The fourth-order valence-corrected chi connectivity index (χ4v) is 3.23. The van der Waals surface area contributed by atoms with E-state index in [0.29, 0.717) is 11.4 Å². The van der Waals surface area contributed by atoms with Crippen LogP contribution in [0.25, 0.3) is 0 Å². The first-order valence-electron chi connectivity index (χ1n) is 8.87. The molecule has 2 aromatic rings. The summed E-state index contributed by atoms with van der Waals surface area (Å²) in [5.74, 6) is -0.309. The lowest BCUT2D eigenvalue weighted by Crippen LogP contribution is -2.49. The lowest BCUT2D eigenvalue weighted by Gasteiger charge is -2.22. The Labute approximate surface area is 159 Å². The van der Waals surface area contributed by atoms with Crippen molar-refractivity contribution in [1.82, 2.24) is 10.6 Å². The van der Waals surface area contributed by atoms with Gasteiger partial charge in [-0.2, -0.15) is 0 Å². The van der Waals surface area contributed by atoms with Crippen molar-refractivity contribution in [3.05, 3.63) is 52.7 Å². The maximum Gasteiger partial charge on any atom is 0.262 e. The first-order chi connectivity index (χ1) is 12.5. The second-order valence-corrected chi connectivity index (χ2v) is 7.52. The fraction of sp³-hybridized carbons (Fsp3) is 0.400. The van der Waals surface area contributed by atoms with Crippen LogP contribution in [0.4, 0.5) is 5.69 Å². The number of thiophene rings is 1. The standard InChI is InChI=1S/C20H27N3O2S/c1-15(2)18(22-19(24)17-11-7-14-26-17)20(25)21-12-8-13-23(3)16-9-5-4-6-10-16/h4-7,9-11,14-15,18H,8,12-13H2,1-3H3,(H,21,25)(H,22,24). The lowest BCUT2D eigenvalue weighted by molar-refractivity contribution is -0.123. The van der Waals surface area contributed by atoms with Crippen molar-refractivity contribution in [2.45, 2.75) is 26.3 Å².